The normalized spacial score (nSPS) is 11.5. The number of aryl methyl sites for hydroxylation is 1. The van der Waals surface area contributed by atoms with Crippen molar-refractivity contribution in [3.05, 3.63) is 24.1 Å². The van der Waals surface area contributed by atoms with Gasteiger partial charge in [-0.3, -0.25) is 0 Å². The quantitative estimate of drug-likeness (QED) is 0.739. The summed E-state index contributed by atoms with van der Waals surface area (Å²) in [7, 11) is -3.65. The van der Waals surface area contributed by atoms with E-state index in [9.17, 15) is 8.42 Å². The van der Waals surface area contributed by atoms with E-state index < -0.39 is 10.0 Å². The van der Waals surface area contributed by atoms with Gasteiger partial charge in [0.1, 0.15) is 4.90 Å². The van der Waals surface area contributed by atoms with Crippen LogP contribution in [-0.4, -0.2) is 41.6 Å². The van der Waals surface area contributed by atoms with Crippen molar-refractivity contribution in [1.29, 1.82) is 0 Å². The lowest BCUT2D eigenvalue weighted by Crippen LogP contribution is -2.26. The van der Waals surface area contributed by atoms with E-state index in [1.807, 2.05) is 6.92 Å². The maximum Gasteiger partial charge on any atom is 0.243 e. The van der Waals surface area contributed by atoms with Crippen molar-refractivity contribution in [3.63, 3.8) is 0 Å². The predicted molar refractivity (Wildman–Crippen MR) is 74.1 cm³/mol. The van der Waals surface area contributed by atoms with E-state index in [0.717, 1.165) is 0 Å². The van der Waals surface area contributed by atoms with Crippen LogP contribution in [0.25, 0.3) is 0 Å². The summed E-state index contributed by atoms with van der Waals surface area (Å²) in [6.07, 6.45) is 2.82. The summed E-state index contributed by atoms with van der Waals surface area (Å²) < 4.78 is 31.4. The monoisotopic (exact) mass is 312 g/mol. The number of aromatic nitrogens is 4. The summed E-state index contributed by atoms with van der Waals surface area (Å²) in [5.74, 6) is 1.28. The lowest BCUT2D eigenvalue weighted by Gasteiger charge is -2.06. The average molecular weight is 312 g/mol. The number of sulfonamides is 1. The number of nitrogens with one attached hydrogen (secondary N) is 2. The van der Waals surface area contributed by atoms with Crippen LogP contribution in [0.2, 0.25) is 0 Å². The molecule has 0 atom stereocenters. The minimum absolute atomic E-state index is 0.00543. The molecular weight excluding hydrogens is 296 g/mol. The molecule has 114 valence electrons. The molecule has 0 radical (unpaired) electrons. The Bertz CT molecular complexity index is 682. The Kier molecular flexibility index (Phi) is 4.81. The van der Waals surface area contributed by atoms with Gasteiger partial charge in [-0.1, -0.05) is 5.16 Å². The Morgan fingerprint density at radius 1 is 1.29 bits per heavy atom. The van der Waals surface area contributed by atoms with Crippen molar-refractivity contribution in [2.75, 3.05) is 18.4 Å². The molecule has 0 bridgehead atoms. The van der Waals surface area contributed by atoms with Gasteiger partial charge in [0, 0.05) is 19.5 Å². The van der Waals surface area contributed by atoms with Gasteiger partial charge in [-0.2, -0.15) is 4.98 Å². The molecule has 10 heteroatoms. The molecular formula is C11H16N6O3S. The van der Waals surface area contributed by atoms with Gasteiger partial charge in [-0.05, 0) is 13.8 Å². The minimum atomic E-state index is -3.65. The number of anilines is 1. The molecule has 0 fully saturated rings. The van der Waals surface area contributed by atoms with E-state index in [4.69, 9.17) is 4.52 Å². The highest BCUT2D eigenvalue weighted by molar-refractivity contribution is 7.89. The largest absolute Gasteiger partial charge is 0.355 e. The van der Waals surface area contributed by atoms with Crippen molar-refractivity contribution in [2.24, 2.45) is 0 Å². The van der Waals surface area contributed by atoms with Crippen LogP contribution in [0.3, 0.4) is 0 Å². The van der Waals surface area contributed by atoms with E-state index >= 15 is 0 Å². The van der Waals surface area contributed by atoms with Crippen LogP contribution in [0.4, 0.5) is 5.95 Å². The molecule has 0 aliphatic heterocycles. The molecule has 2 heterocycles. The fourth-order valence-corrected chi connectivity index (χ4v) is 2.44. The zero-order valence-electron chi connectivity index (χ0n) is 11.7. The highest BCUT2D eigenvalue weighted by Crippen LogP contribution is 2.07. The van der Waals surface area contributed by atoms with Crippen molar-refractivity contribution in [3.8, 4) is 0 Å². The highest BCUT2D eigenvalue weighted by Gasteiger charge is 2.15. The molecule has 0 saturated heterocycles. The Morgan fingerprint density at radius 3 is 2.57 bits per heavy atom. The summed E-state index contributed by atoms with van der Waals surface area (Å²) in [4.78, 5) is 11.8. The minimum Gasteiger partial charge on any atom is -0.355 e. The molecule has 0 unspecified atom stereocenters. The second kappa shape index (κ2) is 6.59. The zero-order valence-corrected chi connectivity index (χ0v) is 12.5. The second-order valence-electron chi connectivity index (χ2n) is 4.16. The van der Waals surface area contributed by atoms with Gasteiger partial charge in [0.05, 0.1) is 12.4 Å². The second-order valence-corrected chi connectivity index (χ2v) is 5.92. The molecule has 9 nitrogen and oxygen atoms in total. The summed E-state index contributed by atoms with van der Waals surface area (Å²) in [6.45, 7) is 4.40. The van der Waals surface area contributed by atoms with Gasteiger partial charge >= 0.3 is 0 Å². The first-order valence-electron chi connectivity index (χ1n) is 6.36. The first kappa shape index (κ1) is 15.3. The summed E-state index contributed by atoms with van der Waals surface area (Å²) in [5.41, 5.74) is 0. The Balaban J connectivity index is 1.94. The number of nitrogens with zero attached hydrogens (tertiary/aromatic N) is 4. The molecule has 0 aromatic carbocycles. The standard InChI is InChI=1S/C11H16N6O3S/c1-3-12-11-13-6-9(7-14-11)21(18,19)15-5-4-10-16-8(2)17-20-10/h6-7,15H,3-5H2,1-2H3,(H,12,13,14). The van der Waals surface area contributed by atoms with E-state index in [1.165, 1.54) is 12.4 Å². The van der Waals surface area contributed by atoms with Crippen molar-refractivity contribution in [1.82, 2.24) is 24.8 Å². The van der Waals surface area contributed by atoms with Crippen LogP contribution in [0, 0.1) is 6.92 Å². The molecule has 2 aromatic heterocycles. The van der Waals surface area contributed by atoms with E-state index in [2.05, 4.69) is 30.1 Å². The number of rotatable bonds is 7. The maximum absolute atomic E-state index is 12.0. The fourth-order valence-electron chi connectivity index (χ4n) is 1.52. The van der Waals surface area contributed by atoms with Crippen LogP contribution in [0.5, 0.6) is 0 Å². The molecule has 21 heavy (non-hydrogen) atoms. The SMILES string of the molecule is CCNc1ncc(S(=O)(=O)NCCc2nc(C)no2)cn1. The predicted octanol–water partition coefficient (Wildman–Crippen LogP) is 0.121. The third-order valence-corrected chi connectivity index (χ3v) is 3.89. The topological polar surface area (TPSA) is 123 Å². The molecule has 0 amide bonds. The lowest BCUT2D eigenvalue weighted by molar-refractivity contribution is 0.375. The van der Waals surface area contributed by atoms with Crippen molar-refractivity contribution < 1.29 is 12.9 Å². The van der Waals surface area contributed by atoms with Gasteiger partial charge in [0.25, 0.3) is 0 Å². The molecule has 2 aromatic rings. The molecule has 0 aliphatic rings. The first-order valence-corrected chi connectivity index (χ1v) is 7.84. The summed E-state index contributed by atoms with van der Waals surface area (Å²) >= 11 is 0. The Hall–Kier alpha value is -2.07. The van der Waals surface area contributed by atoms with E-state index in [0.29, 0.717) is 30.6 Å². The van der Waals surface area contributed by atoms with Crippen molar-refractivity contribution >= 4 is 16.0 Å². The van der Waals surface area contributed by atoms with Gasteiger partial charge in [0.2, 0.25) is 21.9 Å². The molecule has 0 aliphatic carbocycles. The third-order valence-electron chi connectivity index (χ3n) is 2.47. The average Bonchev–Trinajstić information content (AvgIpc) is 2.85. The third kappa shape index (κ3) is 4.20. The van der Waals surface area contributed by atoms with Gasteiger partial charge in [-0.15, -0.1) is 0 Å². The molecule has 0 spiro atoms. The summed E-state index contributed by atoms with van der Waals surface area (Å²) in [5, 5.41) is 6.51. The van der Waals surface area contributed by atoms with Crippen LogP contribution >= 0.6 is 0 Å². The van der Waals surface area contributed by atoms with Gasteiger partial charge < -0.3 is 9.84 Å². The highest BCUT2D eigenvalue weighted by atomic mass is 32.2. The van der Waals surface area contributed by atoms with E-state index in [1.54, 1.807) is 6.92 Å². The number of hydrogen-bond donors (Lipinski definition) is 2. The zero-order chi connectivity index (χ0) is 15.3. The van der Waals surface area contributed by atoms with Crippen LogP contribution in [-0.2, 0) is 16.4 Å². The smallest absolute Gasteiger partial charge is 0.243 e. The van der Waals surface area contributed by atoms with E-state index in [-0.39, 0.29) is 11.4 Å². The first-order chi connectivity index (χ1) is 10.0. The van der Waals surface area contributed by atoms with Crippen LogP contribution < -0.4 is 10.0 Å². The Labute approximate surface area is 122 Å². The molecule has 2 N–H and O–H groups in total. The van der Waals surface area contributed by atoms with Crippen molar-refractivity contribution in [2.45, 2.75) is 25.2 Å². The molecule has 2 rings (SSSR count). The fraction of sp³-hybridized carbons (Fsp3) is 0.455. The lowest BCUT2D eigenvalue weighted by atomic mass is 10.4. The van der Waals surface area contributed by atoms with Crippen LogP contribution in [0.1, 0.15) is 18.6 Å². The maximum atomic E-state index is 12.0. The van der Waals surface area contributed by atoms with Crippen LogP contribution in [0.15, 0.2) is 21.8 Å². The summed E-state index contributed by atoms with van der Waals surface area (Å²) in [6, 6.07) is 0. The Morgan fingerprint density at radius 2 is 2.00 bits per heavy atom. The molecule has 0 saturated carbocycles. The van der Waals surface area contributed by atoms with Gasteiger partial charge in [0.15, 0.2) is 5.82 Å². The van der Waals surface area contributed by atoms with Gasteiger partial charge in [-0.25, -0.2) is 23.1 Å². The number of hydrogen-bond acceptors (Lipinski definition) is 8.